The normalized spacial score (nSPS) is 10.4. The van der Waals surface area contributed by atoms with Crippen LogP contribution in [0.2, 0.25) is 0 Å². The Balaban J connectivity index is 1.69. The van der Waals surface area contributed by atoms with Gasteiger partial charge in [-0.3, -0.25) is 14.8 Å². The third-order valence-electron chi connectivity index (χ3n) is 4.04. The largest absolute Gasteiger partial charge is 0.334 e. The van der Waals surface area contributed by atoms with Crippen molar-refractivity contribution >= 4 is 5.91 Å². The quantitative estimate of drug-likeness (QED) is 0.664. The maximum atomic E-state index is 12.8. The standard InChI is InChI=1S/C21H21N3O/c25-21(9-8-18-7-4-12-23-15-18)24(16-19-5-2-1-3-6-19)17-20-10-13-22-14-11-20/h1-7,10-15H,8-9,16-17H2. The number of pyridine rings is 2. The molecule has 0 fully saturated rings. The van der Waals surface area contributed by atoms with E-state index in [0.717, 1.165) is 16.7 Å². The van der Waals surface area contributed by atoms with Gasteiger partial charge < -0.3 is 4.90 Å². The zero-order valence-corrected chi connectivity index (χ0v) is 14.1. The molecule has 0 atom stereocenters. The molecule has 0 radical (unpaired) electrons. The number of carbonyl (C=O) groups excluding carboxylic acids is 1. The summed E-state index contributed by atoms with van der Waals surface area (Å²) in [4.78, 5) is 22.9. The first-order valence-electron chi connectivity index (χ1n) is 8.41. The Morgan fingerprint density at radius 2 is 1.44 bits per heavy atom. The second kappa shape index (κ2) is 8.73. The molecular weight excluding hydrogens is 310 g/mol. The molecule has 2 heterocycles. The van der Waals surface area contributed by atoms with Gasteiger partial charge in [-0.2, -0.15) is 0 Å². The Kier molecular flexibility index (Phi) is 5.88. The van der Waals surface area contributed by atoms with Crippen LogP contribution in [0.1, 0.15) is 23.1 Å². The lowest BCUT2D eigenvalue weighted by molar-refractivity contribution is -0.132. The molecule has 0 aliphatic rings. The molecule has 1 aromatic carbocycles. The molecule has 0 N–H and O–H groups in total. The van der Waals surface area contributed by atoms with E-state index in [1.54, 1.807) is 18.6 Å². The van der Waals surface area contributed by atoms with Crippen molar-refractivity contribution in [2.24, 2.45) is 0 Å². The Labute approximate surface area is 148 Å². The van der Waals surface area contributed by atoms with Crippen LogP contribution < -0.4 is 0 Å². The molecule has 3 rings (SSSR count). The Morgan fingerprint density at radius 3 is 2.12 bits per heavy atom. The van der Waals surface area contributed by atoms with Crippen LogP contribution in [0.5, 0.6) is 0 Å². The van der Waals surface area contributed by atoms with E-state index in [4.69, 9.17) is 0 Å². The zero-order valence-electron chi connectivity index (χ0n) is 14.1. The molecule has 1 amide bonds. The van der Waals surface area contributed by atoms with Crippen LogP contribution in [-0.4, -0.2) is 20.8 Å². The Morgan fingerprint density at radius 1 is 0.760 bits per heavy atom. The van der Waals surface area contributed by atoms with Crippen molar-refractivity contribution < 1.29 is 4.79 Å². The predicted molar refractivity (Wildman–Crippen MR) is 97.5 cm³/mol. The van der Waals surface area contributed by atoms with Crippen molar-refractivity contribution in [2.45, 2.75) is 25.9 Å². The van der Waals surface area contributed by atoms with Crippen LogP contribution in [0.25, 0.3) is 0 Å². The van der Waals surface area contributed by atoms with Gasteiger partial charge in [0.15, 0.2) is 0 Å². The first-order valence-corrected chi connectivity index (χ1v) is 8.41. The number of nitrogens with zero attached hydrogens (tertiary/aromatic N) is 3. The molecule has 0 aliphatic heterocycles. The van der Waals surface area contributed by atoms with Gasteiger partial charge in [0.25, 0.3) is 0 Å². The van der Waals surface area contributed by atoms with Crippen LogP contribution in [-0.2, 0) is 24.3 Å². The summed E-state index contributed by atoms with van der Waals surface area (Å²) in [6, 6.07) is 17.9. The lowest BCUT2D eigenvalue weighted by Gasteiger charge is -2.23. The fraction of sp³-hybridized carbons (Fsp3) is 0.190. The highest BCUT2D eigenvalue weighted by Gasteiger charge is 2.14. The van der Waals surface area contributed by atoms with Gasteiger partial charge in [0.1, 0.15) is 0 Å². The highest BCUT2D eigenvalue weighted by atomic mass is 16.2. The number of aromatic nitrogens is 2. The van der Waals surface area contributed by atoms with Crippen LogP contribution in [0.15, 0.2) is 79.4 Å². The summed E-state index contributed by atoms with van der Waals surface area (Å²) >= 11 is 0. The zero-order chi connectivity index (χ0) is 17.3. The minimum Gasteiger partial charge on any atom is -0.334 e. The van der Waals surface area contributed by atoms with E-state index in [0.29, 0.717) is 25.9 Å². The van der Waals surface area contributed by atoms with Crippen LogP contribution >= 0.6 is 0 Å². The van der Waals surface area contributed by atoms with E-state index in [9.17, 15) is 4.79 Å². The van der Waals surface area contributed by atoms with Gasteiger partial charge in [-0.05, 0) is 41.3 Å². The average molecular weight is 331 g/mol. The smallest absolute Gasteiger partial charge is 0.223 e. The van der Waals surface area contributed by atoms with Crippen LogP contribution in [0.4, 0.5) is 0 Å². The molecule has 0 unspecified atom stereocenters. The van der Waals surface area contributed by atoms with E-state index < -0.39 is 0 Å². The van der Waals surface area contributed by atoms with Crippen molar-refractivity contribution in [1.82, 2.24) is 14.9 Å². The summed E-state index contributed by atoms with van der Waals surface area (Å²) in [6.45, 7) is 1.19. The van der Waals surface area contributed by atoms with E-state index in [2.05, 4.69) is 9.97 Å². The number of hydrogen-bond donors (Lipinski definition) is 0. The molecule has 4 heteroatoms. The Hall–Kier alpha value is -3.01. The SMILES string of the molecule is O=C(CCc1cccnc1)N(Cc1ccccc1)Cc1ccncc1. The molecule has 0 spiro atoms. The second-order valence-corrected chi connectivity index (χ2v) is 5.95. The molecule has 0 saturated carbocycles. The van der Waals surface area contributed by atoms with E-state index in [1.165, 1.54) is 0 Å². The first kappa shape index (κ1) is 16.8. The maximum absolute atomic E-state index is 12.8. The molecule has 4 nitrogen and oxygen atoms in total. The molecule has 0 bridgehead atoms. The lowest BCUT2D eigenvalue weighted by atomic mass is 10.1. The van der Waals surface area contributed by atoms with E-state index >= 15 is 0 Å². The summed E-state index contributed by atoms with van der Waals surface area (Å²) in [5, 5.41) is 0. The number of rotatable bonds is 7. The average Bonchev–Trinajstić information content (AvgIpc) is 2.68. The van der Waals surface area contributed by atoms with Gasteiger partial charge in [0.05, 0.1) is 0 Å². The number of amides is 1. The predicted octanol–water partition coefficient (Wildman–Crippen LogP) is 3.64. The lowest BCUT2D eigenvalue weighted by Crippen LogP contribution is -2.30. The van der Waals surface area contributed by atoms with E-state index in [1.807, 2.05) is 65.7 Å². The minimum atomic E-state index is 0.143. The molecule has 25 heavy (non-hydrogen) atoms. The van der Waals surface area contributed by atoms with Gasteiger partial charge >= 0.3 is 0 Å². The fourth-order valence-corrected chi connectivity index (χ4v) is 2.70. The highest BCUT2D eigenvalue weighted by molar-refractivity contribution is 5.76. The maximum Gasteiger partial charge on any atom is 0.223 e. The molecule has 2 aromatic heterocycles. The molecule has 3 aromatic rings. The van der Waals surface area contributed by atoms with Gasteiger partial charge in [0.2, 0.25) is 5.91 Å². The first-order chi connectivity index (χ1) is 12.3. The summed E-state index contributed by atoms with van der Waals surface area (Å²) in [7, 11) is 0. The molecular formula is C21H21N3O. The number of aryl methyl sites for hydroxylation is 1. The van der Waals surface area contributed by atoms with Gasteiger partial charge in [-0.1, -0.05) is 36.4 Å². The summed E-state index contributed by atoms with van der Waals surface area (Å²) in [6.07, 6.45) is 8.26. The number of hydrogen-bond acceptors (Lipinski definition) is 3. The summed E-state index contributed by atoms with van der Waals surface area (Å²) in [5.41, 5.74) is 3.30. The Bertz CT molecular complexity index is 735. The number of carbonyl (C=O) groups is 1. The molecule has 0 saturated heterocycles. The highest BCUT2D eigenvalue weighted by Crippen LogP contribution is 2.12. The van der Waals surface area contributed by atoms with Crippen molar-refractivity contribution in [3.05, 3.63) is 96.1 Å². The minimum absolute atomic E-state index is 0.143. The fourth-order valence-electron chi connectivity index (χ4n) is 2.70. The number of benzene rings is 1. The summed E-state index contributed by atoms with van der Waals surface area (Å²) < 4.78 is 0. The van der Waals surface area contributed by atoms with Crippen molar-refractivity contribution in [3.63, 3.8) is 0 Å². The van der Waals surface area contributed by atoms with Gasteiger partial charge in [-0.25, -0.2) is 0 Å². The van der Waals surface area contributed by atoms with Crippen molar-refractivity contribution in [1.29, 1.82) is 0 Å². The van der Waals surface area contributed by atoms with Crippen molar-refractivity contribution in [2.75, 3.05) is 0 Å². The topological polar surface area (TPSA) is 46.1 Å². The molecule has 126 valence electrons. The van der Waals surface area contributed by atoms with Gasteiger partial charge in [0, 0.05) is 44.3 Å². The third kappa shape index (κ3) is 5.24. The summed E-state index contributed by atoms with van der Waals surface area (Å²) in [5.74, 6) is 0.143. The third-order valence-corrected chi connectivity index (χ3v) is 4.04. The molecule has 0 aliphatic carbocycles. The van der Waals surface area contributed by atoms with Crippen molar-refractivity contribution in [3.8, 4) is 0 Å². The second-order valence-electron chi connectivity index (χ2n) is 5.95. The van der Waals surface area contributed by atoms with E-state index in [-0.39, 0.29) is 5.91 Å². The van der Waals surface area contributed by atoms with Crippen LogP contribution in [0, 0.1) is 0 Å². The monoisotopic (exact) mass is 331 g/mol. The van der Waals surface area contributed by atoms with Gasteiger partial charge in [-0.15, -0.1) is 0 Å². The van der Waals surface area contributed by atoms with Crippen LogP contribution in [0.3, 0.4) is 0 Å².